The molecule has 5 atom stereocenters. The monoisotopic (exact) mass is 761 g/mol. The number of nitrogens with one attached hydrogen (secondary N) is 2. The molecule has 2 N–H and O–H groups in total. The van der Waals surface area contributed by atoms with Gasteiger partial charge >= 0.3 is 5.97 Å². The first-order valence-electron chi connectivity index (χ1n) is 18.7. The number of esters is 1. The van der Waals surface area contributed by atoms with Gasteiger partial charge in [-0.15, -0.1) is 11.3 Å². The van der Waals surface area contributed by atoms with Crippen LogP contribution >= 0.6 is 11.3 Å². The number of hydrogen-bond acceptors (Lipinski definition) is 11. The van der Waals surface area contributed by atoms with Gasteiger partial charge in [-0.05, 0) is 69.2 Å². The summed E-state index contributed by atoms with van der Waals surface area (Å²) < 4.78 is 10.6. The number of anilines is 1. The molecule has 54 heavy (non-hydrogen) atoms. The molecule has 2 aliphatic heterocycles. The summed E-state index contributed by atoms with van der Waals surface area (Å²) in [5, 5.41) is 6.05. The number of carbonyl (C=O) groups is 4. The van der Waals surface area contributed by atoms with Crippen molar-refractivity contribution >= 4 is 40.8 Å². The SMILES string of the molecule is COC(=O)c1ccc(N2C[C@@H](C)N(CCOCC(=O)N[C@H](C(=O)N3CCCC3C(=O)N[C@@H](C)c3ccc(-c4scnc4C)cc3)C(C)(C)C)[C@@H](C)C2)nc1. The van der Waals surface area contributed by atoms with Crippen molar-refractivity contribution in [1.82, 2.24) is 30.4 Å². The van der Waals surface area contributed by atoms with Gasteiger partial charge in [0, 0.05) is 44.5 Å². The quantitative estimate of drug-likeness (QED) is 0.187. The summed E-state index contributed by atoms with van der Waals surface area (Å²) in [6.45, 7) is 16.7. The minimum absolute atomic E-state index is 0.179. The zero-order valence-corrected chi connectivity index (χ0v) is 33.6. The molecule has 0 saturated carbocycles. The maximum Gasteiger partial charge on any atom is 0.339 e. The average Bonchev–Trinajstić information content (AvgIpc) is 3.82. The fourth-order valence-electron chi connectivity index (χ4n) is 7.35. The van der Waals surface area contributed by atoms with Crippen LogP contribution < -0.4 is 15.5 Å². The van der Waals surface area contributed by atoms with E-state index in [-0.39, 0.29) is 42.5 Å². The second-order valence-corrected chi connectivity index (χ2v) is 16.3. The summed E-state index contributed by atoms with van der Waals surface area (Å²) in [6, 6.07) is 10.4. The maximum absolute atomic E-state index is 14.0. The predicted molar refractivity (Wildman–Crippen MR) is 209 cm³/mol. The number of ether oxygens (including phenoxy) is 2. The van der Waals surface area contributed by atoms with Crippen LogP contribution in [-0.4, -0.2) is 114 Å². The summed E-state index contributed by atoms with van der Waals surface area (Å²) in [5.74, 6) is -0.449. The lowest BCUT2D eigenvalue weighted by Gasteiger charge is -2.45. The Labute approximate surface area is 322 Å². The Morgan fingerprint density at radius 3 is 2.30 bits per heavy atom. The molecule has 292 valence electrons. The molecule has 3 aromatic rings. The lowest BCUT2D eigenvalue weighted by molar-refractivity contribution is -0.144. The van der Waals surface area contributed by atoms with E-state index in [9.17, 15) is 19.2 Å². The molecule has 2 aliphatic rings. The van der Waals surface area contributed by atoms with Crippen LogP contribution in [0.1, 0.15) is 82.0 Å². The first kappa shape index (κ1) is 40.8. The molecule has 13 nitrogen and oxygen atoms in total. The molecule has 0 aliphatic carbocycles. The maximum atomic E-state index is 14.0. The molecule has 14 heteroatoms. The van der Waals surface area contributed by atoms with E-state index in [4.69, 9.17) is 9.47 Å². The van der Waals surface area contributed by atoms with Crippen LogP contribution in [0.15, 0.2) is 48.1 Å². The van der Waals surface area contributed by atoms with Crippen molar-refractivity contribution in [2.75, 3.05) is 51.4 Å². The highest BCUT2D eigenvalue weighted by Gasteiger charge is 2.42. The molecule has 0 bridgehead atoms. The first-order valence-corrected chi connectivity index (χ1v) is 19.6. The average molecular weight is 762 g/mol. The Morgan fingerprint density at radius 1 is 1.00 bits per heavy atom. The molecule has 0 radical (unpaired) electrons. The normalized spacial score (nSPS) is 20.3. The molecule has 2 aromatic heterocycles. The topological polar surface area (TPSA) is 146 Å². The van der Waals surface area contributed by atoms with Gasteiger partial charge in [-0.25, -0.2) is 14.8 Å². The number of carbonyl (C=O) groups excluding carboxylic acids is 4. The zero-order valence-electron chi connectivity index (χ0n) is 32.8. The minimum Gasteiger partial charge on any atom is -0.465 e. The largest absolute Gasteiger partial charge is 0.465 e. The first-order chi connectivity index (χ1) is 25.7. The molecule has 1 aromatic carbocycles. The Bertz CT molecular complexity index is 1750. The van der Waals surface area contributed by atoms with E-state index in [1.54, 1.807) is 22.3 Å². The van der Waals surface area contributed by atoms with Crippen molar-refractivity contribution in [1.29, 1.82) is 0 Å². The van der Waals surface area contributed by atoms with Crippen molar-refractivity contribution < 1.29 is 28.7 Å². The number of piperazine rings is 1. The van der Waals surface area contributed by atoms with Crippen molar-refractivity contribution in [3.05, 3.63) is 64.9 Å². The lowest BCUT2D eigenvalue weighted by atomic mass is 9.85. The van der Waals surface area contributed by atoms with E-state index >= 15 is 0 Å². The van der Waals surface area contributed by atoms with Gasteiger partial charge in [-0.2, -0.15) is 0 Å². The minimum atomic E-state index is -0.828. The summed E-state index contributed by atoms with van der Waals surface area (Å²) in [7, 11) is 1.35. The predicted octanol–water partition coefficient (Wildman–Crippen LogP) is 4.62. The summed E-state index contributed by atoms with van der Waals surface area (Å²) in [6.07, 6.45) is 2.80. The highest BCUT2D eigenvalue weighted by molar-refractivity contribution is 7.13. The fraction of sp³-hybridized carbons (Fsp3) is 0.550. The van der Waals surface area contributed by atoms with Crippen molar-refractivity contribution in [2.24, 2.45) is 5.41 Å². The summed E-state index contributed by atoms with van der Waals surface area (Å²) >= 11 is 1.60. The van der Waals surface area contributed by atoms with E-state index in [1.165, 1.54) is 13.3 Å². The van der Waals surface area contributed by atoms with Crippen LogP contribution in [0.2, 0.25) is 0 Å². The molecule has 3 amide bonds. The van der Waals surface area contributed by atoms with E-state index in [0.29, 0.717) is 38.1 Å². The van der Waals surface area contributed by atoms with Gasteiger partial charge in [-0.1, -0.05) is 45.0 Å². The van der Waals surface area contributed by atoms with E-state index in [0.717, 1.165) is 40.6 Å². The Kier molecular flexibility index (Phi) is 13.5. The van der Waals surface area contributed by atoms with E-state index in [2.05, 4.69) is 44.2 Å². The molecular weight excluding hydrogens is 707 g/mol. The molecule has 2 fully saturated rings. The molecule has 1 unspecified atom stereocenters. The third-order valence-electron chi connectivity index (χ3n) is 10.4. The van der Waals surface area contributed by atoms with Crippen molar-refractivity contribution in [3.8, 4) is 10.4 Å². The standard InChI is InChI=1S/C40H55N7O6S/c1-25-21-45(33-16-15-31(20-41-33)39(51)52-8)22-26(2)46(25)18-19-53-23-34(48)44-36(40(5,6)7)38(50)47-17-9-10-32(47)37(49)43-27(3)29-11-13-30(14-12-29)35-28(4)42-24-54-35/h11-16,20,24-27,32,36H,9-10,17-19,21-23H2,1-8H3,(H,43,49)(H,44,48)/t25-,26+,27-,32?,36+/m0/s1. The smallest absolute Gasteiger partial charge is 0.339 e. The third kappa shape index (κ3) is 9.82. The number of pyridine rings is 1. The van der Waals surface area contributed by atoms with Crippen molar-refractivity contribution in [3.63, 3.8) is 0 Å². The number of aromatic nitrogens is 2. The van der Waals surface area contributed by atoms with Gasteiger partial charge in [0.1, 0.15) is 24.5 Å². The Hall–Kier alpha value is -4.40. The Morgan fingerprint density at radius 2 is 1.70 bits per heavy atom. The number of methoxy groups -OCH3 is 1. The fourth-order valence-corrected chi connectivity index (χ4v) is 8.16. The number of aryl methyl sites for hydroxylation is 1. The summed E-state index contributed by atoms with van der Waals surface area (Å²) in [5.41, 5.74) is 4.70. The number of nitrogens with zero attached hydrogens (tertiary/aromatic N) is 5. The number of likely N-dealkylation sites (tertiary alicyclic amines) is 1. The second-order valence-electron chi connectivity index (χ2n) is 15.5. The van der Waals surface area contributed by atoms with Gasteiger partial charge in [0.05, 0.1) is 41.4 Å². The highest BCUT2D eigenvalue weighted by atomic mass is 32.1. The van der Waals surface area contributed by atoms with Gasteiger partial charge in [0.25, 0.3) is 0 Å². The highest BCUT2D eigenvalue weighted by Crippen LogP contribution is 2.30. The zero-order chi connectivity index (χ0) is 39.2. The van der Waals surface area contributed by atoms with Crippen LogP contribution in [-0.2, 0) is 23.9 Å². The molecule has 5 rings (SSSR count). The van der Waals surface area contributed by atoms with Gasteiger partial charge in [-0.3, -0.25) is 19.3 Å². The van der Waals surface area contributed by atoms with Crippen LogP contribution in [0.3, 0.4) is 0 Å². The molecule has 0 spiro atoms. The number of hydrogen-bond donors (Lipinski definition) is 2. The van der Waals surface area contributed by atoms with Crippen LogP contribution in [0.25, 0.3) is 10.4 Å². The van der Waals surface area contributed by atoms with Gasteiger partial charge in [0.2, 0.25) is 17.7 Å². The Balaban J connectivity index is 1.10. The lowest BCUT2D eigenvalue weighted by Crippen LogP contribution is -2.58. The second kappa shape index (κ2) is 17.8. The number of thiazole rings is 1. The number of amides is 3. The van der Waals surface area contributed by atoms with Gasteiger partial charge < -0.3 is 29.9 Å². The van der Waals surface area contributed by atoms with Crippen LogP contribution in [0.4, 0.5) is 5.82 Å². The summed E-state index contributed by atoms with van der Waals surface area (Å²) in [4.78, 5) is 68.7. The third-order valence-corrected chi connectivity index (χ3v) is 11.3. The number of benzene rings is 1. The van der Waals surface area contributed by atoms with Gasteiger partial charge in [0.15, 0.2) is 0 Å². The number of rotatable bonds is 13. The van der Waals surface area contributed by atoms with Crippen molar-refractivity contribution in [2.45, 2.75) is 91.5 Å². The molecular formula is C40H55N7O6S. The van der Waals surface area contributed by atoms with E-state index in [1.807, 2.05) is 70.5 Å². The molecule has 2 saturated heterocycles. The van der Waals surface area contributed by atoms with Crippen LogP contribution in [0.5, 0.6) is 0 Å². The van der Waals surface area contributed by atoms with Crippen LogP contribution in [0, 0.1) is 12.3 Å². The van der Waals surface area contributed by atoms with E-state index < -0.39 is 23.5 Å². The molecule has 4 heterocycles.